The van der Waals surface area contributed by atoms with Crippen LogP contribution >= 0.6 is 0 Å². The first-order valence-corrected chi connectivity index (χ1v) is 6.17. The van der Waals surface area contributed by atoms with E-state index in [0.29, 0.717) is 26.2 Å². The van der Waals surface area contributed by atoms with Crippen LogP contribution in [-0.4, -0.2) is 61.3 Å². The van der Waals surface area contributed by atoms with E-state index in [9.17, 15) is 15.0 Å². The highest BCUT2D eigenvalue weighted by Crippen LogP contribution is 2.07. The van der Waals surface area contributed by atoms with Crippen LogP contribution in [0.25, 0.3) is 0 Å². The molecule has 0 aliphatic carbocycles. The second kappa shape index (κ2) is 9.27. The average Bonchev–Trinajstić information content (AvgIpc) is 2.26. The zero-order chi connectivity index (χ0) is 14.0. The molecule has 0 heterocycles. The summed E-state index contributed by atoms with van der Waals surface area (Å²) in [6.07, 6.45) is -0.340. The topological polar surface area (TPSA) is 88.0 Å². The second-order valence-corrected chi connectivity index (χ2v) is 4.53. The molecule has 0 rings (SSSR count). The molecule has 2 atom stereocenters. The van der Waals surface area contributed by atoms with E-state index in [1.165, 1.54) is 0 Å². The van der Waals surface area contributed by atoms with Gasteiger partial charge in [0.15, 0.2) is 0 Å². The van der Waals surface area contributed by atoms with Gasteiger partial charge in [0.1, 0.15) is 0 Å². The maximum atomic E-state index is 11.1. The van der Waals surface area contributed by atoms with Gasteiger partial charge < -0.3 is 25.0 Å². The summed E-state index contributed by atoms with van der Waals surface area (Å²) in [4.78, 5) is 11.1. The number of esters is 1. The Balaban J connectivity index is 3.72. The number of ether oxygens (including phenoxy) is 2. The fourth-order valence-electron chi connectivity index (χ4n) is 1.40. The van der Waals surface area contributed by atoms with Crippen LogP contribution in [0.15, 0.2) is 0 Å². The lowest BCUT2D eigenvalue weighted by molar-refractivity contribution is -0.145. The summed E-state index contributed by atoms with van der Waals surface area (Å²) in [5.41, 5.74) is -0.889. The van der Waals surface area contributed by atoms with Crippen molar-refractivity contribution >= 4 is 5.97 Å². The monoisotopic (exact) mass is 263 g/mol. The van der Waals surface area contributed by atoms with E-state index in [1.807, 2.05) is 0 Å². The van der Waals surface area contributed by atoms with Crippen molar-refractivity contribution in [3.63, 3.8) is 0 Å². The van der Waals surface area contributed by atoms with Crippen molar-refractivity contribution < 1.29 is 24.5 Å². The van der Waals surface area contributed by atoms with Crippen LogP contribution in [-0.2, 0) is 14.3 Å². The maximum Gasteiger partial charge on any atom is 0.308 e. The molecule has 6 heteroatoms. The number of nitrogens with one attached hydrogen (secondary N) is 1. The number of aliphatic hydroxyl groups is 2. The summed E-state index contributed by atoms with van der Waals surface area (Å²) in [5.74, 6) is -0.419. The normalized spacial score (nSPS) is 16.1. The average molecular weight is 263 g/mol. The van der Waals surface area contributed by atoms with Gasteiger partial charge in [-0.3, -0.25) is 4.79 Å². The molecule has 0 fully saturated rings. The van der Waals surface area contributed by atoms with Gasteiger partial charge in [-0.2, -0.15) is 0 Å². The van der Waals surface area contributed by atoms with E-state index in [4.69, 9.17) is 9.47 Å². The van der Waals surface area contributed by atoms with Crippen molar-refractivity contribution in [2.24, 2.45) is 0 Å². The largest absolute Gasteiger partial charge is 0.466 e. The van der Waals surface area contributed by atoms with Crippen molar-refractivity contribution in [2.75, 3.05) is 33.4 Å². The lowest BCUT2D eigenvalue weighted by Crippen LogP contribution is -2.41. The first-order chi connectivity index (χ1) is 8.41. The number of hydrogen-bond donors (Lipinski definition) is 3. The van der Waals surface area contributed by atoms with E-state index in [1.54, 1.807) is 21.0 Å². The van der Waals surface area contributed by atoms with Crippen molar-refractivity contribution in [2.45, 2.75) is 38.4 Å². The highest BCUT2D eigenvalue weighted by atomic mass is 16.5. The summed E-state index contributed by atoms with van der Waals surface area (Å²) >= 11 is 0. The van der Waals surface area contributed by atoms with Gasteiger partial charge >= 0.3 is 5.97 Å². The standard InChI is InChI=1S/C12H25NO5/c1-4-18-11(15)7-10(14)8-13-9-12(2,16)5-6-17-3/h10,13-14,16H,4-9H2,1-3H3. The van der Waals surface area contributed by atoms with E-state index in [-0.39, 0.29) is 13.0 Å². The fraction of sp³-hybridized carbons (Fsp3) is 0.917. The SMILES string of the molecule is CCOC(=O)CC(O)CNCC(C)(O)CCOC. The molecule has 0 aliphatic rings. The van der Waals surface area contributed by atoms with Crippen molar-refractivity contribution in [3.8, 4) is 0 Å². The Hall–Kier alpha value is -0.690. The Bertz CT molecular complexity index is 233. The molecule has 0 saturated heterocycles. The Morgan fingerprint density at radius 3 is 2.72 bits per heavy atom. The quantitative estimate of drug-likeness (QED) is 0.468. The van der Waals surface area contributed by atoms with Crippen LogP contribution in [0.5, 0.6) is 0 Å². The third-order valence-electron chi connectivity index (χ3n) is 2.44. The molecular weight excluding hydrogens is 238 g/mol. The van der Waals surface area contributed by atoms with Gasteiger partial charge in [0.25, 0.3) is 0 Å². The molecule has 0 aliphatic heterocycles. The minimum Gasteiger partial charge on any atom is -0.466 e. The van der Waals surface area contributed by atoms with Crippen LogP contribution in [0.2, 0.25) is 0 Å². The van der Waals surface area contributed by atoms with Crippen LogP contribution in [0, 0.1) is 0 Å². The molecule has 0 bridgehead atoms. The predicted molar refractivity (Wildman–Crippen MR) is 67.2 cm³/mol. The molecule has 0 aromatic rings. The van der Waals surface area contributed by atoms with Crippen LogP contribution < -0.4 is 5.32 Å². The molecule has 108 valence electrons. The lowest BCUT2D eigenvalue weighted by atomic mass is 10.0. The number of rotatable bonds is 10. The smallest absolute Gasteiger partial charge is 0.308 e. The highest BCUT2D eigenvalue weighted by molar-refractivity contribution is 5.69. The Morgan fingerprint density at radius 1 is 1.50 bits per heavy atom. The van der Waals surface area contributed by atoms with Gasteiger partial charge in [0.05, 0.1) is 24.7 Å². The van der Waals surface area contributed by atoms with E-state index in [2.05, 4.69) is 5.32 Å². The molecule has 0 aromatic heterocycles. The molecule has 0 radical (unpaired) electrons. The van der Waals surface area contributed by atoms with Gasteiger partial charge in [-0.15, -0.1) is 0 Å². The molecule has 0 saturated carbocycles. The predicted octanol–water partition coefficient (Wildman–Crippen LogP) is -0.322. The van der Waals surface area contributed by atoms with Gasteiger partial charge in [0.2, 0.25) is 0 Å². The summed E-state index contributed by atoms with van der Waals surface area (Å²) < 4.78 is 9.61. The molecular formula is C12H25NO5. The van der Waals surface area contributed by atoms with Crippen molar-refractivity contribution in [1.29, 1.82) is 0 Å². The van der Waals surface area contributed by atoms with Crippen LogP contribution in [0.4, 0.5) is 0 Å². The molecule has 0 amide bonds. The van der Waals surface area contributed by atoms with Crippen molar-refractivity contribution in [3.05, 3.63) is 0 Å². The number of carbonyl (C=O) groups excluding carboxylic acids is 1. The third-order valence-corrected chi connectivity index (χ3v) is 2.44. The summed E-state index contributed by atoms with van der Waals surface area (Å²) in [6, 6.07) is 0. The van der Waals surface area contributed by atoms with Gasteiger partial charge in [0, 0.05) is 33.2 Å². The zero-order valence-corrected chi connectivity index (χ0v) is 11.4. The summed E-state index contributed by atoms with van der Waals surface area (Å²) in [5, 5.41) is 22.4. The fourth-order valence-corrected chi connectivity index (χ4v) is 1.40. The highest BCUT2D eigenvalue weighted by Gasteiger charge is 2.20. The molecule has 3 N–H and O–H groups in total. The molecule has 0 spiro atoms. The minimum atomic E-state index is -0.889. The maximum absolute atomic E-state index is 11.1. The number of hydrogen-bond acceptors (Lipinski definition) is 6. The zero-order valence-electron chi connectivity index (χ0n) is 11.4. The molecule has 18 heavy (non-hydrogen) atoms. The van der Waals surface area contributed by atoms with E-state index >= 15 is 0 Å². The first-order valence-electron chi connectivity index (χ1n) is 6.17. The summed E-state index contributed by atoms with van der Waals surface area (Å²) in [6.45, 7) is 4.76. The Labute approximate surface area is 108 Å². The van der Waals surface area contributed by atoms with Gasteiger partial charge in [-0.1, -0.05) is 0 Å². The molecule has 6 nitrogen and oxygen atoms in total. The lowest BCUT2D eigenvalue weighted by Gasteiger charge is -2.24. The van der Waals surface area contributed by atoms with E-state index in [0.717, 1.165) is 0 Å². The number of methoxy groups -OCH3 is 1. The second-order valence-electron chi connectivity index (χ2n) is 4.53. The Kier molecular flexibility index (Phi) is 8.91. The number of aliphatic hydroxyl groups excluding tert-OH is 1. The van der Waals surface area contributed by atoms with Crippen molar-refractivity contribution in [1.82, 2.24) is 5.32 Å². The van der Waals surface area contributed by atoms with Crippen LogP contribution in [0.3, 0.4) is 0 Å². The molecule has 2 unspecified atom stereocenters. The third kappa shape index (κ3) is 9.35. The Morgan fingerprint density at radius 2 is 2.17 bits per heavy atom. The number of carbonyl (C=O) groups is 1. The van der Waals surface area contributed by atoms with Gasteiger partial charge in [-0.25, -0.2) is 0 Å². The minimum absolute atomic E-state index is 0.0406. The first kappa shape index (κ1) is 17.3. The molecule has 0 aromatic carbocycles. The van der Waals surface area contributed by atoms with Gasteiger partial charge in [-0.05, 0) is 13.8 Å². The van der Waals surface area contributed by atoms with Crippen LogP contribution in [0.1, 0.15) is 26.7 Å². The summed E-state index contributed by atoms with van der Waals surface area (Å²) in [7, 11) is 1.58. The van der Waals surface area contributed by atoms with E-state index < -0.39 is 17.7 Å².